The number of H-pyrrole nitrogens is 1. The topological polar surface area (TPSA) is 134 Å². The molecule has 4 N–H and O–H groups in total. The van der Waals surface area contributed by atoms with Gasteiger partial charge in [-0.1, -0.05) is 42.2 Å². The standard InChI is InChI=1S/C16H19NO3.C10H10N4O/c1-4-17-13-11-12(7-9-16(2,3)19)5-6-14(13)20-10-8-15(17)18;11-9(15)10-12-8(13-14-10)6-7-4-2-1-3-5-7/h5-6,11,19H,4,8,10H2,1-3H3;1-5H,6H2,(H2,11,15)(H,12,13,14). The van der Waals surface area contributed by atoms with Gasteiger partial charge in [-0.05, 0) is 44.5 Å². The summed E-state index contributed by atoms with van der Waals surface area (Å²) in [6.07, 6.45) is 0.994. The molecule has 2 heterocycles. The van der Waals surface area contributed by atoms with E-state index in [1.807, 2.05) is 55.5 Å². The zero-order valence-corrected chi connectivity index (χ0v) is 20.0. The number of nitrogens with zero attached hydrogens (tertiary/aromatic N) is 3. The second-order valence-corrected chi connectivity index (χ2v) is 8.36. The van der Waals surface area contributed by atoms with E-state index in [0.29, 0.717) is 37.6 Å². The predicted octanol–water partition coefficient (Wildman–Crippen LogP) is 2.44. The van der Waals surface area contributed by atoms with E-state index in [9.17, 15) is 14.7 Å². The maximum Gasteiger partial charge on any atom is 0.288 e. The average Bonchev–Trinajstić information content (AvgIpc) is 3.22. The Hall–Kier alpha value is -4.16. The molecule has 182 valence electrons. The summed E-state index contributed by atoms with van der Waals surface area (Å²) in [6.45, 7) is 6.19. The summed E-state index contributed by atoms with van der Waals surface area (Å²) >= 11 is 0. The summed E-state index contributed by atoms with van der Waals surface area (Å²) in [6, 6.07) is 15.3. The Morgan fingerprint density at radius 2 is 2.00 bits per heavy atom. The number of ether oxygens (including phenoxy) is 1. The van der Waals surface area contributed by atoms with Crippen LogP contribution in [0.25, 0.3) is 0 Å². The highest BCUT2D eigenvalue weighted by atomic mass is 16.5. The first-order valence-corrected chi connectivity index (χ1v) is 11.2. The predicted molar refractivity (Wildman–Crippen MR) is 132 cm³/mol. The normalized spacial score (nSPS) is 12.8. The lowest BCUT2D eigenvalue weighted by molar-refractivity contribution is -0.118. The molecule has 0 fully saturated rings. The van der Waals surface area contributed by atoms with Gasteiger partial charge in [0.05, 0.1) is 18.7 Å². The Balaban J connectivity index is 0.000000203. The number of aliphatic hydroxyl groups is 1. The summed E-state index contributed by atoms with van der Waals surface area (Å²) in [5.41, 5.74) is 6.60. The van der Waals surface area contributed by atoms with Crippen LogP contribution in [0.2, 0.25) is 0 Å². The Morgan fingerprint density at radius 3 is 2.63 bits per heavy atom. The fourth-order valence-electron chi connectivity index (χ4n) is 3.29. The van der Waals surface area contributed by atoms with Crippen molar-refractivity contribution in [3.8, 4) is 17.6 Å². The first-order valence-electron chi connectivity index (χ1n) is 11.2. The van der Waals surface area contributed by atoms with Gasteiger partial charge in [0.1, 0.15) is 17.2 Å². The van der Waals surface area contributed by atoms with Crippen molar-refractivity contribution in [2.75, 3.05) is 18.1 Å². The summed E-state index contributed by atoms with van der Waals surface area (Å²) in [4.78, 5) is 28.4. The van der Waals surface area contributed by atoms with Crippen LogP contribution < -0.4 is 15.4 Å². The number of hydrogen-bond acceptors (Lipinski definition) is 6. The second kappa shape index (κ2) is 11.3. The number of primary amides is 1. The van der Waals surface area contributed by atoms with Crippen molar-refractivity contribution in [2.24, 2.45) is 5.73 Å². The molecule has 0 saturated carbocycles. The average molecular weight is 476 g/mol. The maximum atomic E-state index is 12.0. The highest BCUT2D eigenvalue weighted by molar-refractivity contribution is 5.95. The van der Waals surface area contributed by atoms with Crippen molar-refractivity contribution in [1.82, 2.24) is 15.2 Å². The molecule has 0 radical (unpaired) electrons. The van der Waals surface area contributed by atoms with Crippen molar-refractivity contribution in [3.05, 3.63) is 71.3 Å². The third kappa shape index (κ3) is 7.42. The number of benzene rings is 2. The molecule has 0 bridgehead atoms. The molecule has 1 aliphatic heterocycles. The minimum atomic E-state index is -1.04. The minimum Gasteiger partial charge on any atom is -0.491 e. The number of fused-ring (bicyclic) bond motifs is 1. The van der Waals surface area contributed by atoms with Gasteiger partial charge >= 0.3 is 0 Å². The number of hydrogen-bond donors (Lipinski definition) is 3. The SMILES string of the molecule is CCN1C(=O)CCOc2ccc(C#CC(C)(C)O)cc21.NC(=O)c1n[nH]c(Cc2ccccc2)n1. The lowest BCUT2D eigenvalue weighted by Gasteiger charge is -2.20. The molecule has 0 saturated heterocycles. The van der Waals surface area contributed by atoms with Crippen LogP contribution in [0.5, 0.6) is 5.75 Å². The zero-order chi connectivity index (χ0) is 25.4. The number of rotatable bonds is 4. The van der Waals surface area contributed by atoms with Crippen LogP contribution in [0.3, 0.4) is 0 Å². The minimum absolute atomic E-state index is 0.0286. The molecular weight excluding hydrogens is 446 g/mol. The summed E-state index contributed by atoms with van der Waals surface area (Å²) in [5.74, 6) is 6.49. The van der Waals surface area contributed by atoms with E-state index in [4.69, 9.17) is 10.5 Å². The first kappa shape index (κ1) is 25.5. The van der Waals surface area contributed by atoms with Crippen LogP contribution >= 0.6 is 0 Å². The number of carbonyl (C=O) groups excluding carboxylic acids is 2. The summed E-state index contributed by atoms with van der Waals surface area (Å²) in [5, 5.41) is 16.0. The van der Waals surface area contributed by atoms with Crippen molar-refractivity contribution >= 4 is 17.5 Å². The second-order valence-electron chi connectivity index (χ2n) is 8.36. The quantitative estimate of drug-likeness (QED) is 0.496. The van der Waals surface area contributed by atoms with Crippen LogP contribution in [-0.4, -0.2) is 50.9 Å². The third-order valence-electron chi connectivity index (χ3n) is 4.92. The molecule has 9 heteroatoms. The molecule has 2 amide bonds. The smallest absolute Gasteiger partial charge is 0.288 e. The lowest BCUT2D eigenvalue weighted by Crippen LogP contribution is -2.29. The molecule has 2 aromatic carbocycles. The molecular formula is C26H29N5O4. The number of anilines is 1. The molecule has 1 aliphatic rings. The Bertz CT molecular complexity index is 1240. The third-order valence-corrected chi connectivity index (χ3v) is 4.92. The molecule has 35 heavy (non-hydrogen) atoms. The number of aromatic nitrogens is 3. The fraction of sp³-hybridized carbons (Fsp3) is 0.308. The molecule has 3 aromatic rings. The van der Waals surface area contributed by atoms with Gasteiger partial charge in [-0.25, -0.2) is 4.98 Å². The van der Waals surface area contributed by atoms with Gasteiger partial charge in [-0.15, -0.1) is 5.10 Å². The number of amides is 2. The van der Waals surface area contributed by atoms with Crippen molar-refractivity contribution < 1.29 is 19.4 Å². The van der Waals surface area contributed by atoms with Gasteiger partial charge in [0.25, 0.3) is 5.91 Å². The lowest BCUT2D eigenvalue weighted by atomic mass is 10.1. The highest BCUT2D eigenvalue weighted by Gasteiger charge is 2.22. The number of carbonyl (C=O) groups is 2. The molecule has 0 unspecified atom stereocenters. The molecule has 0 aliphatic carbocycles. The first-order chi connectivity index (χ1) is 16.7. The van der Waals surface area contributed by atoms with Crippen LogP contribution in [0.15, 0.2) is 48.5 Å². The van der Waals surface area contributed by atoms with Gasteiger partial charge in [0.2, 0.25) is 11.7 Å². The summed E-state index contributed by atoms with van der Waals surface area (Å²) < 4.78 is 5.59. The van der Waals surface area contributed by atoms with Gasteiger partial charge in [-0.3, -0.25) is 14.7 Å². The van der Waals surface area contributed by atoms with E-state index in [1.54, 1.807) is 18.7 Å². The van der Waals surface area contributed by atoms with Gasteiger partial charge in [0, 0.05) is 18.5 Å². The van der Waals surface area contributed by atoms with E-state index < -0.39 is 11.5 Å². The fourth-order valence-corrected chi connectivity index (χ4v) is 3.29. The van der Waals surface area contributed by atoms with E-state index in [0.717, 1.165) is 16.8 Å². The van der Waals surface area contributed by atoms with E-state index in [-0.39, 0.29) is 11.7 Å². The van der Waals surface area contributed by atoms with Crippen molar-refractivity contribution in [1.29, 1.82) is 0 Å². The largest absolute Gasteiger partial charge is 0.491 e. The molecule has 0 atom stereocenters. The molecule has 4 rings (SSSR count). The van der Waals surface area contributed by atoms with Gasteiger partial charge < -0.3 is 20.5 Å². The van der Waals surface area contributed by atoms with Gasteiger partial charge in [-0.2, -0.15) is 0 Å². The maximum absolute atomic E-state index is 12.0. The Labute approximate surface area is 204 Å². The van der Waals surface area contributed by atoms with E-state index in [1.165, 1.54) is 0 Å². The van der Waals surface area contributed by atoms with Crippen LogP contribution in [0.1, 0.15) is 54.8 Å². The van der Waals surface area contributed by atoms with E-state index in [2.05, 4.69) is 27.0 Å². The van der Waals surface area contributed by atoms with Crippen LogP contribution in [0, 0.1) is 11.8 Å². The highest BCUT2D eigenvalue weighted by Crippen LogP contribution is 2.32. The number of nitrogens with one attached hydrogen (secondary N) is 1. The van der Waals surface area contributed by atoms with E-state index >= 15 is 0 Å². The Morgan fingerprint density at radius 1 is 1.26 bits per heavy atom. The van der Waals surface area contributed by atoms with Crippen LogP contribution in [0.4, 0.5) is 5.69 Å². The molecule has 1 aromatic heterocycles. The molecule has 0 spiro atoms. The summed E-state index contributed by atoms with van der Waals surface area (Å²) in [7, 11) is 0. The van der Waals surface area contributed by atoms with Crippen LogP contribution in [-0.2, 0) is 11.2 Å². The van der Waals surface area contributed by atoms with Crippen molar-refractivity contribution in [2.45, 2.75) is 39.2 Å². The molecule has 9 nitrogen and oxygen atoms in total. The number of aromatic amines is 1. The van der Waals surface area contributed by atoms with Gasteiger partial charge in [0.15, 0.2) is 0 Å². The Kier molecular flexibility index (Phi) is 8.23. The monoisotopic (exact) mass is 475 g/mol. The zero-order valence-electron chi connectivity index (χ0n) is 20.0. The number of nitrogens with two attached hydrogens (primary N) is 1. The van der Waals surface area contributed by atoms with Crippen molar-refractivity contribution in [3.63, 3.8) is 0 Å².